The number of nitrogens with two attached hydrogens (primary N) is 1. The van der Waals surface area contributed by atoms with Gasteiger partial charge in [-0.1, -0.05) is 18.0 Å². The molecule has 0 amide bonds. The van der Waals surface area contributed by atoms with Crippen molar-refractivity contribution in [2.24, 2.45) is 11.7 Å². The fourth-order valence-electron chi connectivity index (χ4n) is 1.95. The highest BCUT2D eigenvalue weighted by Gasteiger charge is 2.27. The number of halogens is 1. The van der Waals surface area contributed by atoms with Gasteiger partial charge in [0.1, 0.15) is 0 Å². The van der Waals surface area contributed by atoms with Gasteiger partial charge < -0.3 is 5.73 Å². The average molecular weight is 241 g/mol. The Kier molecular flexibility index (Phi) is 3.12. The summed E-state index contributed by atoms with van der Waals surface area (Å²) in [6.45, 7) is 0. The van der Waals surface area contributed by atoms with Crippen LogP contribution in [0.3, 0.4) is 0 Å². The molecule has 0 aliphatic heterocycles. The molecule has 4 nitrogen and oxygen atoms in total. The van der Waals surface area contributed by atoms with Crippen LogP contribution >= 0.6 is 11.6 Å². The minimum Gasteiger partial charge on any atom is -0.324 e. The van der Waals surface area contributed by atoms with Crippen molar-refractivity contribution in [1.82, 2.24) is 0 Å². The van der Waals surface area contributed by atoms with E-state index in [1.807, 2.05) is 0 Å². The lowest BCUT2D eigenvalue weighted by Crippen LogP contribution is -2.27. The third-order valence-corrected chi connectivity index (χ3v) is 3.55. The summed E-state index contributed by atoms with van der Waals surface area (Å²) < 4.78 is 0. The van der Waals surface area contributed by atoms with Gasteiger partial charge in [0.05, 0.1) is 4.92 Å². The predicted octanol–water partition coefficient (Wildman–Crippen LogP) is 3.05. The Bertz CT molecular complexity index is 418. The van der Waals surface area contributed by atoms with Crippen molar-refractivity contribution in [2.75, 3.05) is 0 Å². The van der Waals surface area contributed by atoms with Gasteiger partial charge in [-0.3, -0.25) is 10.1 Å². The molecule has 16 heavy (non-hydrogen) atoms. The van der Waals surface area contributed by atoms with E-state index in [4.69, 9.17) is 17.3 Å². The van der Waals surface area contributed by atoms with Crippen molar-refractivity contribution in [3.63, 3.8) is 0 Å². The van der Waals surface area contributed by atoms with Crippen LogP contribution in [0, 0.1) is 16.0 Å². The zero-order chi connectivity index (χ0) is 11.7. The summed E-state index contributed by atoms with van der Waals surface area (Å²) in [4.78, 5) is 10.2. The number of rotatable bonds is 3. The van der Waals surface area contributed by atoms with Crippen LogP contribution in [0.25, 0.3) is 0 Å². The van der Waals surface area contributed by atoms with Gasteiger partial charge in [-0.2, -0.15) is 0 Å². The van der Waals surface area contributed by atoms with Gasteiger partial charge in [0.15, 0.2) is 0 Å². The summed E-state index contributed by atoms with van der Waals surface area (Å²) >= 11 is 6.02. The largest absolute Gasteiger partial charge is 0.324 e. The average Bonchev–Trinajstić information content (AvgIpc) is 2.15. The van der Waals surface area contributed by atoms with Gasteiger partial charge in [0.25, 0.3) is 5.69 Å². The van der Waals surface area contributed by atoms with Crippen molar-refractivity contribution in [3.8, 4) is 0 Å². The van der Waals surface area contributed by atoms with Crippen LogP contribution < -0.4 is 5.73 Å². The normalized spacial score (nSPS) is 17.9. The highest BCUT2D eigenvalue weighted by Crippen LogP contribution is 2.39. The topological polar surface area (TPSA) is 69.2 Å². The van der Waals surface area contributed by atoms with Crippen LogP contribution in [0.5, 0.6) is 0 Å². The molecule has 1 atom stereocenters. The molecule has 0 heterocycles. The first-order chi connectivity index (χ1) is 7.59. The number of nitro groups is 1. The molecular weight excluding hydrogens is 228 g/mol. The monoisotopic (exact) mass is 240 g/mol. The second kappa shape index (κ2) is 4.39. The van der Waals surface area contributed by atoms with E-state index in [2.05, 4.69) is 0 Å². The molecule has 0 unspecified atom stereocenters. The Morgan fingerprint density at radius 1 is 1.50 bits per heavy atom. The first kappa shape index (κ1) is 11.4. The van der Waals surface area contributed by atoms with E-state index in [9.17, 15) is 10.1 Å². The molecular formula is C11H13ClN2O2. The van der Waals surface area contributed by atoms with Crippen molar-refractivity contribution in [3.05, 3.63) is 38.9 Å². The molecule has 1 aromatic carbocycles. The third-order valence-electron chi connectivity index (χ3n) is 3.21. The van der Waals surface area contributed by atoms with Crippen LogP contribution in [0.4, 0.5) is 5.69 Å². The van der Waals surface area contributed by atoms with Gasteiger partial charge in [0.2, 0.25) is 0 Å². The summed E-state index contributed by atoms with van der Waals surface area (Å²) in [7, 11) is 0. The van der Waals surface area contributed by atoms with Crippen molar-refractivity contribution < 1.29 is 4.92 Å². The van der Waals surface area contributed by atoms with E-state index in [0.717, 1.165) is 12.8 Å². The summed E-state index contributed by atoms with van der Waals surface area (Å²) in [5.41, 5.74) is 6.81. The van der Waals surface area contributed by atoms with Crippen LogP contribution in [-0.2, 0) is 0 Å². The van der Waals surface area contributed by atoms with Crippen molar-refractivity contribution in [1.29, 1.82) is 0 Å². The number of non-ortho nitro benzene ring substituents is 1. The Labute approximate surface area is 98.5 Å². The summed E-state index contributed by atoms with van der Waals surface area (Å²) in [6.07, 6.45) is 3.35. The minimum atomic E-state index is -0.423. The quantitative estimate of drug-likeness (QED) is 0.652. The van der Waals surface area contributed by atoms with Crippen molar-refractivity contribution >= 4 is 17.3 Å². The molecule has 1 aliphatic rings. The second-order valence-electron chi connectivity index (χ2n) is 4.18. The first-order valence-electron chi connectivity index (χ1n) is 5.29. The third kappa shape index (κ3) is 2.03. The van der Waals surface area contributed by atoms with E-state index >= 15 is 0 Å². The molecule has 0 spiro atoms. The van der Waals surface area contributed by atoms with Gasteiger partial charge >= 0.3 is 0 Å². The van der Waals surface area contributed by atoms with Gasteiger partial charge in [0, 0.05) is 23.2 Å². The van der Waals surface area contributed by atoms with Gasteiger partial charge in [-0.15, -0.1) is 0 Å². The molecule has 1 aliphatic carbocycles. The van der Waals surface area contributed by atoms with Crippen LogP contribution in [0.15, 0.2) is 18.2 Å². The minimum absolute atomic E-state index is 0.0502. The number of hydrogen-bond donors (Lipinski definition) is 1. The molecule has 1 fully saturated rings. The fourth-order valence-corrected chi connectivity index (χ4v) is 2.20. The highest BCUT2D eigenvalue weighted by atomic mass is 35.5. The van der Waals surface area contributed by atoms with Gasteiger partial charge in [-0.05, 0) is 30.4 Å². The van der Waals surface area contributed by atoms with Crippen LogP contribution in [0.1, 0.15) is 30.9 Å². The molecule has 5 heteroatoms. The molecule has 0 aromatic heterocycles. The Morgan fingerprint density at radius 2 is 2.19 bits per heavy atom. The lowest BCUT2D eigenvalue weighted by atomic mass is 9.77. The standard InChI is InChI=1S/C11H13ClN2O2/c12-10-5-4-8(14(15)16)6-9(10)11(13)7-2-1-3-7/h4-7,11H,1-3,13H2/t11-/m1/s1. The zero-order valence-electron chi connectivity index (χ0n) is 8.73. The lowest BCUT2D eigenvalue weighted by molar-refractivity contribution is -0.384. The SMILES string of the molecule is N[C@@H](c1cc([N+](=O)[O-])ccc1Cl)C1CCC1. The Hall–Kier alpha value is -1.13. The van der Waals surface area contributed by atoms with E-state index in [-0.39, 0.29) is 11.7 Å². The maximum Gasteiger partial charge on any atom is 0.269 e. The molecule has 0 bridgehead atoms. The summed E-state index contributed by atoms with van der Waals surface area (Å²) in [5.74, 6) is 0.416. The highest BCUT2D eigenvalue weighted by molar-refractivity contribution is 6.31. The number of hydrogen-bond acceptors (Lipinski definition) is 3. The molecule has 86 valence electrons. The first-order valence-corrected chi connectivity index (χ1v) is 5.67. The molecule has 1 saturated carbocycles. The van der Waals surface area contributed by atoms with Crippen LogP contribution in [0.2, 0.25) is 5.02 Å². The molecule has 0 radical (unpaired) electrons. The molecule has 1 aromatic rings. The summed E-state index contributed by atoms with van der Waals surface area (Å²) in [5, 5.41) is 11.2. The summed E-state index contributed by atoms with van der Waals surface area (Å²) in [6, 6.07) is 4.26. The van der Waals surface area contributed by atoms with E-state index in [1.54, 1.807) is 6.07 Å². The molecule has 2 N–H and O–H groups in total. The number of nitro benzene ring substituents is 1. The van der Waals surface area contributed by atoms with Gasteiger partial charge in [-0.25, -0.2) is 0 Å². The second-order valence-corrected chi connectivity index (χ2v) is 4.59. The Morgan fingerprint density at radius 3 is 2.69 bits per heavy atom. The lowest BCUT2D eigenvalue weighted by Gasteiger charge is -2.31. The van der Waals surface area contributed by atoms with E-state index in [1.165, 1.54) is 18.6 Å². The van der Waals surface area contributed by atoms with E-state index < -0.39 is 4.92 Å². The maximum atomic E-state index is 10.7. The van der Waals surface area contributed by atoms with Crippen molar-refractivity contribution in [2.45, 2.75) is 25.3 Å². The molecule has 0 saturated heterocycles. The number of nitrogens with zero attached hydrogens (tertiary/aromatic N) is 1. The fraction of sp³-hybridized carbons (Fsp3) is 0.455. The number of benzene rings is 1. The van der Waals surface area contributed by atoms with Crippen LogP contribution in [-0.4, -0.2) is 4.92 Å². The van der Waals surface area contributed by atoms with E-state index in [0.29, 0.717) is 16.5 Å². The smallest absolute Gasteiger partial charge is 0.269 e. The predicted molar refractivity (Wildman–Crippen MR) is 62.4 cm³/mol. The zero-order valence-corrected chi connectivity index (χ0v) is 9.48. The molecule has 2 rings (SSSR count). The maximum absolute atomic E-state index is 10.7. The Balaban J connectivity index is 2.30.